The van der Waals surface area contributed by atoms with Crippen molar-refractivity contribution in [2.75, 3.05) is 39.5 Å². The molecule has 10 atom stereocenters. The van der Waals surface area contributed by atoms with E-state index in [9.17, 15) is 19.1 Å². The van der Waals surface area contributed by atoms with Crippen molar-refractivity contribution in [3.63, 3.8) is 0 Å². The number of aliphatic carboxylic acids is 1. The summed E-state index contributed by atoms with van der Waals surface area (Å²) in [5, 5.41) is 13.8. The maximum Gasteiger partial charge on any atom is 0.312 e. The van der Waals surface area contributed by atoms with Gasteiger partial charge in [0.25, 0.3) is 0 Å². The third-order valence-corrected chi connectivity index (χ3v) is 17.3. The summed E-state index contributed by atoms with van der Waals surface area (Å²) < 4.78 is 19.5. The minimum atomic E-state index is -1.26. The van der Waals surface area contributed by atoms with E-state index in [1.54, 1.807) is 0 Å². The van der Waals surface area contributed by atoms with Gasteiger partial charge < -0.3 is 20.1 Å². The predicted molar refractivity (Wildman–Crippen MR) is 196 cm³/mol. The maximum atomic E-state index is 14.0. The third-order valence-electron chi connectivity index (χ3n) is 17.3. The van der Waals surface area contributed by atoms with Gasteiger partial charge in [-0.05, 0) is 146 Å². The first-order chi connectivity index (χ1) is 23.6. The lowest BCUT2D eigenvalue weighted by atomic mass is 9.33. The molecule has 0 aromatic rings. The smallest absolute Gasteiger partial charge is 0.312 e. The number of rotatable bonds is 7. The standard InChI is InChI=1S/C43H65FN2O4/c1-28(2)30-12-19-43(45-26-35(47)46-22-24-50-25-23-46)21-20-40(6)32(36(30)43)8-9-34-39(5)15-13-31(38(3,4)33(39)14-16-41(34,40)7)29-10-17-42(27-44,18-11-29)37(48)49/h10,13,30,32-34,36,45H,1,8-9,11-12,14-27H2,2-7H3,(H,48,49)/t30-,32+,33-,34+,36+,39-,40+,41+,42-,43?/m0/s1. The van der Waals surface area contributed by atoms with Crippen LogP contribution >= 0.6 is 0 Å². The van der Waals surface area contributed by atoms with E-state index in [4.69, 9.17) is 4.74 Å². The molecule has 6 aliphatic carbocycles. The van der Waals surface area contributed by atoms with Crippen LogP contribution in [-0.4, -0.2) is 66.9 Å². The average molecular weight is 693 g/mol. The van der Waals surface area contributed by atoms with Crippen LogP contribution in [0, 0.1) is 56.7 Å². The molecule has 1 saturated heterocycles. The molecule has 7 heteroatoms. The number of ether oxygens (including phenoxy) is 1. The number of carboxylic acid groups (broad SMARTS) is 1. The van der Waals surface area contributed by atoms with Crippen LogP contribution in [-0.2, 0) is 14.3 Å². The van der Waals surface area contributed by atoms with E-state index in [1.807, 2.05) is 4.90 Å². The fraction of sp³-hybridized carbons (Fsp3) is 0.814. The lowest BCUT2D eigenvalue weighted by molar-refractivity contribution is -0.221. The van der Waals surface area contributed by atoms with Gasteiger partial charge in [0.2, 0.25) is 5.91 Å². The normalized spacial score (nSPS) is 45.3. The summed E-state index contributed by atoms with van der Waals surface area (Å²) in [6.45, 7) is 22.0. The van der Waals surface area contributed by atoms with Gasteiger partial charge in [-0.3, -0.25) is 9.59 Å². The SMILES string of the molecule is C=C(C)[C@@H]1CCC2(NCC(=O)N3CCOCC3)CC[C@]3(C)[C@H](CC[C@@H]4[C@@]5(C)CC=C(C6=CC[C@](CF)(C(=O)O)CC6)C(C)(C)[C@@H]5CC[C@]43C)[C@@H]12. The van der Waals surface area contributed by atoms with Gasteiger partial charge in [-0.2, -0.15) is 0 Å². The number of carbonyl (C=O) groups excluding carboxylic acids is 1. The fourth-order valence-corrected chi connectivity index (χ4v) is 14.3. The molecule has 1 amide bonds. The van der Waals surface area contributed by atoms with Crippen LogP contribution in [0.4, 0.5) is 4.39 Å². The Hall–Kier alpha value is -1.99. The number of carbonyl (C=O) groups is 2. The summed E-state index contributed by atoms with van der Waals surface area (Å²) in [5.74, 6) is 2.01. The highest BCUT2D eigenvalue weighted by Crippen LogP contribution is 2.76. The van der Waals surface area contributed by atoms with Crippen molar-refractivity contribution in [3.05, 3.63) is 35.5 Å². The van der Waals surface area contributed by atoms with Crippen molar-refractivity contribution in [1.82, 2.24) is 10.2 Å². The van der Waals surface area contributed by atoms with Gasteiger partial charge in [-0.1, -0.05) is 58.9 Å². The molecule has 0 aromatic carbocycles. The van der Waals surface area contributed by atoms with E-state index in [-0.39, 0.29) is 39.5 Å². The number of halogens is 1. The molecule has 50 heavy (non-hydrogen) atoms. The molecular formula is C43H65FN2O4. The Kier molecular flexibility index (Phi) is 9.14. The molecule has 6 nitrogen and oxygen atoms in total. The zero-order chi connectivity index (χ0) is 35.9. The third kappa shape index (κ3) is 5.19. The lowest BCUT2D eigenvalue weighted by Crippen LogP contribution is -2.68. The highest BCUT2D eigenvalue weighted by Gasteiger charge is 2.70. The molecule has 0 spiro atoms. The number of morpholine rings is 1. The quantitative estimate of drug-likeness (QED) is 0.262. The van der Waals surface area contributed by atoms with Gasteiger partial charge in [0.05, 0.1) is 25.2 Å². The van der Waals surface area contributed by atoms with Crippen LogP contribution in [0.3, 0.4) is 0 Å². The Morgan fingerprint density at radius 2 is 1.68 bits per heavy atom. The zero-order valence-electron chi connectivity index (χ0n) is 32.0. The van der Waals surface area contributed by atoms with Crippen LogP contribution in [0.15, 0.2) is 35.5 Å². The van der Waals surface area contributed by atoms with Crippen LogP contribution in [0.25, 0.3) is 0 Å². The lowest BCUT2D eigenvalue weighted by Gasteiger charge is -2.72. The summed E-state index contributed by atoms with van der Waals surface area (Å²) in [7, 11) is 0. The number of hydrogen-bond acceptors (Lipinski definition) is 4. The van der Waals surface area contributed by atoms with Gasteiger partial charge in [-0.15, -0.1) is 0 Å². The molecule has 7 aliphatic rings. The molecule has 0 bridgehead atoms. The van der Waals surface area contributed by atoms with Crippen molar-refractivity contribution >= 4 is 11.9 Å². The molecular weight excluding hydrogens is 627 g/mol. The van der Waals surface area contributed by atoms with Crippen molar-refractivity contribution in [3.8, 4) is 0 Å². The van der Waals surface area contributed by atoms with Crippen molar-refractivity contribution in [2.24, 2.45) is 56.7 Å². The Morgan fingerprint density at radius 1 is 0.940 bits per heavy atom. The van der Waals surface area contributed by atoms with Gasteiger partial charge in [0.15, 0.2) is 0 Å². The Labute approximate surface area is 301 Å². The Morgan fingerprint density at radius 3 is 2.32 bits per heavy atom. The molecule has 4 saturated carbocycles. The molecule has 0 aromatic heterocycles. The first kappa shape index (κ1) is 36.4. The van der Waals surface area contributed by atoms with E-state index in [2.05, 4.69) is 65.6 Å². The minimum Gasteiger partial charge on any atom is -0.481 e. The second-order valence-electron chi connectivity index (χ2n) is 19.4. The number of hydrogen-bond donors (Lipinski definition) is 2. The summed E-state index contributed by atoms with van der Waals surface area (Å²) in [4.78, 5) is 27.3. The number of nitrogens with one attached hydrogen (secondary N) is 1. The summed E-state index contributed by atoms with van der Waals surface area (Å²) in [5.41, 5.74) is 3.34. The second-order valence-corrected chi connectivity index (χ2v) is 19.4. The Bertz CT molecular complexity index is 1460. The van der Waals surface area contributed by atoms with E-state index in [0.717, 1.165) is 19.3 Å². The molecule has 278 valence electrons. The molecule has 1 unspecified atom stereocenters. The van der Waals surface area contributed by atoms with E-state index < -0.39 is 18.1 Å². The van der Waals surface area contributed by atoms with E-state index >= 15 is 0 Å². The van der Waals surface area contributed by atoms with Crippen LogP contribution in [0.2, 0.25) is 0 Å². The molecule has 2 N–H and O–H groups in total. The summed E-state index contributed by atoms with van der Waals surface area (Å²) in [6.07, 6.45) is 16.6. The van der Waals surface area contributed by atoms with Gasteiger partial charge in [-0.25, -0.2) is 4.39 Å². The largest absolute Gasteiger partial charge is 0.481 e. The highest BCUT2D eigenvalue weighted by molar-refractivity contribution is 5.78. The van der Waals surface area contributed by atoms with Crippen LogP contribution < -0.4 is 5.32 Å². The zero-order valence-corrected chi connectivity index (χ0v) is 32.0. The van der Waals surface area contributed by atoms with Crippen molar-refractivity contribution in [1.29, 1.82) is 0 Å². The summed E-state index contributed by atoms with van der Waals surface area (Å²) >= 11 is 0. The van der Waals surface area contributed by atoms with Crippen LogP contribution in [0.5, 0.6) is 0 Å². The molecule has 5 fully saturated rings. The first-order valence-corrected chi connectivity index (χ1v) is 20.0. The van der Waals surface area contributed by atoms with E-state index in [0.29, 0.717) is 75.3 Å². The van der Waals surface area contributed by atoms with Crippen molar-refractivity contribution < 1.29 is 23.8 Å². The van der Waals surface area contributed by atoms with Gasteiger partial charge in [0.1, 0.15) is 6.67 Å². The predicted octanol–water partition coefficient (Wildman–Crippen LogP) is 8.53. The Balaban J connectivity index is 1.16. The van der Waals surface area contributed by atoms with Gasteiger partial charge in [0, 0.05) is 18.6 Å². The molecule has 1 aliphatic heterocycles. The number of fused-ring (bicyclic) bond motifs is 7. The molecule has 0 radical (unpaired) electrons. The number of allylic oxidation sites excluding steroid dienone is 5. The fourth-order valence-electron chi connectivity index (χ4n) is 14.3. The number of alkyl halides is 1. The minimum absolute atomic E-state index is 0.00138. The highest BCUT2D eigenvalue weighted by atomic mass is 19.1. The van der Waals surface area contributed by atoms with E-state index in [1.165, 1.54) is 55.2 Å². The van der Waals surface area contributed by atoms with Crippen LogP contribution in [0.1, 0.15) is 119 Å². The maximum absolute atomic E-state index is 14.0. The van der Waals surface area contributed by atoms with Crippen molar-refractivity contribution in [2.45, 2.75) is 124 Å². The average Bonchev–Trinajstić information content (AvgIpc) is 3.48. The monoisotopic (exact) mass is 692 g/mol. The topological polar surface area (TPSA) is 78.9 Å². The second kappa shape index (κ2) is 12.6. The first-order valence-electron chi connectivity index (χ1n) is 20.0. The summed E-state index contributed by atoms with van der Waals surface area (Å²) in [6, 6.07) is 0. The number of nitrogens with zero attached hydrogens (tertiary/aromatic N) is 1. The number of amides is 1. The molecule has 1 heterocycles. The van der Waals surface area contributed by atoms with Gasteiger partial charge >= 0.3 is 5.97 Å². The number of carboxylic acids is 1. The molecule has 7 rings (SSSR count).